The Balaban J connectivity index is 1.46. The summed E-state index contributed by atoms with van der Waals surface area (Å²) in [5.74, 6) is 0.0645. The van der Waals surface area contributed by atoms with E-state index in [1.165, 1.54) is 27.7 Å². The van der Waals surface area contributed by atoms with Crippen molar-refractivity contribution in [3.8, 4) is 0 Å². The lowest BCUT2D eigenvalue weighted by Gasteiger charge is -2.35. The minimum Gasteiger partial charge on any atom is -0.375 e. The van der Waals surface area contributed by atoms with Gasteiger partial charge in [0.1, 0.15) is 0 Å². The third kappa shape index (κ3) is 3.29. The molecule has 1 aliphatic heterocycles. The Labute approximate surface area is 196 Å². The quantitative estimate of drug-likeness (QED) is 0.401. The number of carbonyl (C=O) groups excluding carboxylic acids is 1. The SMILES string of the molecule is Cn1cc(C(=O)N2CCc3nc(N)sc3C2Cc2cccc3ccccc23)c2ccccc21. The fourth-order valence-electron chi connectivity index (χ4n) is 5.14. The van der Waals surface area contributed by atoms with Crippen LogP contribution < -0.4 is 5.73 Å². The summed E-state index contributed by atoms with van der Waals surface area (Å²) in [6.07, 6.45) is 3.41. The molecule has 3 aromatic carbocycles. The van der Waals surface area contributed by atoms with Gasteiger partial charge in [-0.2, -0.15) is 0 Å². The van der Waals surface area contributed by atoms with Crippen molar-refractivity contribution in [3.05, 3.63) is 94.6 Å². The first-order valence-electron chi connectivity index (χ1n) is 11.2. The maximum absolute atomic E-state index is 14.0. The number of nitrogens with two attached hydrogens (primary N) is 1. The molecular formula is C27H24N4OS. The van der Waals surface area contributed by atoms with Gasteiger partial charge in [0.2, 0.25) is 0 Å². The summed E-state index contributed by atoms with van der Waals surface area (Å²) in [7, 11) is 1.99. The van der Waals surface area contributed by atoms with Gasteiger partial charge in [0.15, 0.2) is 5.13 Å². The van der Waals surface area contributed by atoms with Crippen molar-refractivity contribution in [2.24, 2.45) is 7.05 Å². The molecule has 2 N–H and O–H groups in total. The molecule has 164 valence electrons. The normalized spacial score (nSPS) is 15.8. The van der Waals surface area contributed by atoms with Crippen molar-refractivity contribution in [1.82, 2.24) is 14.5 Å². The van der Waals surface area contributed by atoms with E-state index in [0.717, 1.165) is 39.9 Å². The highest BCUT2D eigenvalue weighted by Crippen LogP contribution is 2.39. The van der Waals surface area contributed by atoms with E-state index in [2.05, 4.69) is 53.5 Å². The Morgan fingerprint density at radius 2 is 1.82 bits per heavy atom. The van der Waals surface area contributed by atoms with Crippen LogP contribution in [0.4, 0.5) is 5.13 Å². The molecule has 3 heterocycles. The summed E-state index contributed by atoms with van der Waals surface area (Å²) < 4.78 is 2.03. The number of aryl methyl sites for hydroxylation is 1. The minimum atomic E-state index is -0.0965. The van der Waals surface area contributed by atoms with Gasteiger partial charge in [-0.1, -0.05) is 72.0 Å². The fourth-order valence-corrected chi connectivity index (χ4v) is 6.13. The standard InChI is InChI=1S/C27H24N4OS/c1-30-16-21(20-11-4-5-12-23(20)30)26(32)31-14-13-22-25(33-27(28)29-22)24(31)15-18-9-6-8-17-7-2-3-10-19(17)18/h2-12,16,24H,13-15H2,1H3,(H2,28,29). The number of rotatable bonds is 3. The van der Waals surface area contributed by atoms with Crippen LogP contribution in [0.5, 0.6) is 0 Å². The molecule has 2 aromatic heterocycles. The Morgan fingerprint density at radius 3 is 2.70 bits per heavy atom. The van der Waals surface area contributed by atoms with E-state index in [1.807, 2.05) is 40.9 Å². The third-order valence-corrected chi connectivity index (χ3v) is 7.72. The number of fused-ring (bicyclic) bond motifs is 3. The van der Waals surface area contributed by atoms with Crippen molar-refractivity contribution in [2.75, 3.05) is 12.3 Å². The topological polar surface area (TPSA) is 64.2 Å². The van der Waals surface area contributed by atoms with Crippen LogP contribution in [0.3, 0.4) is 0 Å². The summed E-state index contributed by atoms with van der Waals surface area (Å²) in [4.78, 5) is 21.7. The van der Waals surface area contributed by atoms with Gasteiger partial charge in [0.25, 0.3) is 5.91 Å². The largest absolute Gasteiger partial charge is 0.375 e. The monoisotopic (exact) mass is 452 g/mol. The van der Waals surface area contributed by atoms with Gasteiger partial charge >= 0.3 is 0 Å². The van der Waals surface area contributed by atoms with Crippen molar-refractivity contribution in [2.45, 2.75) is 18.9 Å². The summed E-state index contributed by atoms with van der Waals surface area (Å²) in [5.41, 5.74) is 10.2. The van der Waals surface area contributed by atoms with Crippen molar-refractivity contribution >= 4 is 44.1 Å². The van der Waals surface area contributed by atoms with Crippen LogP contribution >= 0.6 is 11.3 Å². The number of nitrogen functional groups attached to an aromatic ring is 1. The molecule has 1 aliphatic rings. The number of anilines is 1. The molecule has 33 heavy (non-hydrogen) atoms. The number of hydrogen-bond acceptors (Lipinski definition) is 4. The highest BCUT2D eigenvalue weighted by Gasteiger charge is 2.35. The number of thiazole rings is 1. The first-order valence-corrected chi connectivity index (χ1v) is 12.0. The second-order valence-electron chi connectivity index (χ2n) is 8.64. The Morgan fingerprint density at radius 1 is 1.06 bits per heavy atom. The number of aromatic nitrogens is 2. The van der Waals surface area contributed by atoms with Gasteiger partial charge in [-0.25, -0.2) is 4.98 Å². The van der Waals surface area contributed by atoms with Crippen LogP contribution in [0.15, 0.2) is 72.9 Å². The van der Waals surface area contributed by atoms with E-state index in [-0.39, 0.29) is 11.9 Å². The molecule has 0 aliphatic carbocycles. The Hall–Kier alpha value is -3.64. The maximum atomic E-state index is 14.0. The number of nitrogens with zero attached hydrogens (tertiary/aromatic N) is 3. The lowest BCUT2D eigenvalue weighted by molar-refractivity contribution is 0.0665. The third-order valence-electron chi connectivity index (χ3n) is 6.69. The van der Waals surface area contributed by atoms with Crippen LogP contribution in [0.2, 0.25) is 0 Å². The highest BCUT2D eigenvalue weighted by molar-refractivity contribution is 7.15. The van der Waals surface area contributed by atoms with E-state index in [0.29, 0.717) is 11.7 Å². The van der Waals surface area contributed by atoms with Gasteiger partial charge in [-0.15, -0.1) is 0 Å². The second kappa shape index (κ2) is 7.74. The predicted octanol–water partition coefficient (Wildman–Crippen LogP) is 5.35. The minimum absolute atomic E-state index is 0.0645. The first kappa shape index (κ1) is 20.0. The van der Waals surface area contributed by atoms with E-state index < -0.39 is 0 Å². The molecule has 0 saturated heterocycles. The number of para-hydroxylation sites is 1. The molecule has 6 rings (SSSR count). The van der Waals surface area contributed by atoms with Crippen LogP contribution in [0.25, 0.3) is 21.7 Å². The molecule has 1 atom stereocenters. The van der Waals surface area contributed by atoms with E-state index in [4.69, 9.17) is 5.73 Å². The zero-order valence-corrected chi connectivity index (χ0v) is 19.2. The molecule has 0 spiro atoms. The molecule has 0 saturated carbocycles. The number of benzene rings is 3. The average molecular weight is 453 g/mol. The van der Waals surface area contributed by atoms with Crippen LogP contribution in [0.1, 0.15) is 32.5 Å². The predicted molar refractivity (Wildman–Crippen MR) is 135 cm³/mol. The lowest BCUT2D eigenvalue weighted by Crippen LogP contribution is -2.40. The van der Waals surface area contributed by atoms with Crippen LogP contribution in [-0.2, 0) is 19.9 Å². The molecule has 6 heteroatoms. The molecular weight excluding hydrogens is 428 g/mol. The van der Waals surface area contributed by atoms with E-state index in [9.17, 15) is 4.79 Å². The zero-order valence-electron chi connectivity index (χ0n) is 18.4. The fraction of sp³-hybridized carbons (Fsp3) is 0.185. The van der Waals surface area contributed by atoms with Crippen molar-refractivity contribution in [1.29, 1.82) is 0 Å². The maximum Gasteiger partial charge on any atom is 0.256 e. The Bertz CT molecular complexity index is 1510. The second-order valence-corrected chi connectivity index (χ2v) is 9.70. The molecule has 0 bridgehead atoms. The average Bonchev–Trinajstić information content (AvgIpc) is 3.39. The van der Waals surface area contributed by atoms with Crippen LogP contribution in [0, 0.1) is 0 Å². The molecule has 1 unspecified atom stereocenters. The summed E-state index contributed by atoms with van der Waals surface area (Å²) >= 11 is 1.52. The van der Waals surface area contributed by atoms with E-state index >= 15 is 0 Å². The van der Waals surface area contributed by atoms with Crippen LogP contribution in [-0.4, -0.2) is 26.9 Å². The first-order chi connectivity index (χ1) is 16.1. The van der Waals surface area contributed by atoms with Crippen molar-refractivity contribution < 1.29 is 4.79 Å². The smallest absolute Gasteiger partial charge is 0.256 e. The lowest BCUT2D eigenvalue weighted by atomic mass is 9.93. The van der Waals surface area contributed by atoms with Gasteiger partial charge in [0.05, 0.1) is 22.2 Å². The molecule has 5 nitrogen and oxygen atoms in total. The number of carbonyl (C=O) groups is 1. The number of hydrogen-bond donors (Lipinski definition) is 1. The van der Waals surface area contributed by atoms with Crippen molar-refractivity contribution in [3.63, 3.8) is 0 Å². The van der Waals surface area contributed by atoms with Gasteiger partial charge in [-0.3, -0.25) is 4.79 Å². The highest BCUT2D eigenvalue weighted by atomic mass is 32.1. The molecule has 1 amide bonds. The zero-order chi connectivity index (χ0) is 22.5. The molecule has 0 fully saturated rings. The van der Waals surface area contributed by atoms with Gasteiger partial charge in [-0.05, 0) is 28.8 Å². The molecule has 5 aromatic rings. The number of amides is 1. The summed E-state index contributed by atoms with van der Waals surface area (Å²) in [6, 6.07) is 22.8. The van der Waals surface area contributed by atoms with E-state index in [1.54, 1.807) is 0 Å². The Kier molecular flexibility index (Phi) is 4.69. The van der Waals surface area contributed by atoms with Gasteiger partial charge in [0, 0.05) is 37.1 Å². The molecule has 0 radical (unpaired) electrons. The summed E-state index contributed by atoms with van der Waals surface area (Å²) in [6.45, 7) is 0.633. The van der Waals surface area contributed by atoms with Gasteiger partial charge < -0.3 is 15.2 Å². The summed E-state index contributed by atoms with van der Waals surface area (Å²) in [5, 5.41) is 4.00.